The van der Waals surface area contributed by atoms with Crippen LogP contribution in [0.2, 0.25) is 0 Å². The zero-order valence-corrected chi connectivity index (χ0v) is 18.1. The Morgan fingerprint density at radius 3 is 2.62 bits per heavy atom. The van der Waals surface area contributed by atoms with Crippen molar-refractivity contribution in [3.8, 4) is 0 Å². The van der Waals surface area contributed by atoms with Crippen LogP contribution in [0, 0.1) is 18.8 Å². The van der Waals surface area contributed by atoms with Gasteiger partial charge in [-0.1, -0.05) is 45.9 Å². The molecular formula is C19H29N3O2S2. The summed E-state index contributed by atoms with van der Waals surface area (Å²) in [6.45, 7) is 12.6. The molecule has 0 aliphatic heterocycles. The standard InChI is InChI=1S/C19H29N3O2S2/c1-7-11(4)8-14-13(6)26-18-16(14)17(24)21-19(22-18)25-9-15(23)20-12(5)10(2)3/h10-12H,7-9H2,1-6H3,(H,20,23)(H,21,22,24)/t11-,12+/m1/s1. The van der Waals surface area contributed by atoms with E-state index in [2.05, 4.69) is 49.9 Å². The molecule has 0 saturated carbocycles. The van der Waals surface area contributed by atoms with Gasteiger partial charge < -0.3 is 10.3 Å². The highest BCUT2D eigenvalue weighted by Gasteiger charge is 2.17. The van der Waals surface area contributed by atoms with Crippen LogP contribution in [-0.2, 0) is 11.2 Å². The molecule has 0 aliphatic carbocycles. The minimum Gasteiger partial charge on any atom is -0.353 e. The molecule has 2 heterocycles. The number of aromatic amines is 1. The summed E-state index contributed by atoms with van der Waals surface area (Å²) in [5, 5.41) is 4.19. The average molecular weight is 396 g/mol. The number of carbonyl (C=O) groups is 1. The second-order valence-electron chi connectivity index (χ2n) is 7.29. The molecule has 0 aromatic carbocycles. The smallest absolute Gasteiger partial charge is 0.260 e. The summed E-state index contributed by atoms with van der Waals surface area (Å²) in [6, 6.07) is 0.126. The molecule has 0 saturated heterocycles. The van der Waals surface area contributed by atoms with Crippen molar-refractivity contribution in [3.63, 3.8) is 0 Å². The predicted octanol–water partition coefficient (Wildman–Crippen LogP) is 4.13. The first kappa shape index (κ1) is 21.0. The fourth-order valence-electron chi connectivity index (χ4n) is 2.56. The van der Waals surface area contributed by atoms with Crippen molar-refractivity contribution in [2.45, 2.75) is 65.6 Å². The third-order valence-electron chi connectivity index (χ3n) is 4.82. The van der Waals surface area contributed by atoms with Crippen LogP contribution in [0.15, 0.2) is 9.95 Å². The molecule has 2 N–H and O–H groups in total. The fraction of sp³-hybridized carbons (Fsp3) is 0.632. The number of thiophene rings is 1. The van der Waals surface area contributed by atoms with Gasteiger partial charge in [0.05, 0.1) is 11.1 Å². The highest BCUT2D eigenvalue weighted by atomic mass is 32.2. The zero-order chi connectivity index (χ0) is 19.4. The van der Waals surface area contributed by atoms with E-state index in [1.165, 1.54) is 11.8 Å². The van der Waals surface area contributed by atoms with E-state index in [-0.39, 0.29) is 23.3 Å². The van der Waals surface area contributed by atoms with Crippen LogP contribution in [0.4, 0.5) is 0 Å². The number of rotatable bonds is 8. The van der Waals surface area contributed by atoms with Gasteiger partial charge in [0.25, 0.3) is 5.56 Å². The average Bonchev–Trinajstić information content (AvgIpc) is 2.88. The molecule has 7 heteroatoms. The van der Waals surface area contributed by atoms with Crippen molar-refractivity contribution in [2.24, 2.45) is 11.8 Å². The minimum atomic E-state index is -0.101. The number of amides is 1. The van der Waals surface area contributed by atoms with Crippen LogP contribution in [0.3, 0.4) is 0 Å². The number of thioether (sulfide) groups is 1. The number of hydrogen-bond donors (Lipinski definition) is 2. The molecule has 2 rings (SSSR count). The monoisotopic (exact) mass is 395 g/mol. The number of nitrogens with zero attached hydrogens (tertiary/aromatic N) is 1. The van der Waals surface area contributed by atoms with Gasteiger partial charge in [0.2, 0.25) is 5.91 Å². The SMILES string of the molecule is CC[C@@H](C)Cc1c(C)sc2nc(SCC(=O)N[C@@H](C)C(C)C)[nH]c(=O)c12. The Morgan fingerprint density at radius 1 is 1.31 bits per heavy atom. The van der Waals surface area contributed by atoms with E-state index in [0.717, 1.165) is 33.5 Å². The fourth-order valence-corrected chi connectivity index (χ4v) is 4.34. The van der Waals surface area contributed by atoms with Gasteiger partial charge in [0, 0.05) is 10.9 Å². The van der Waals surface area contributed by atoms with E-state index >= 15 is 0 Å². The third kappa shape index (κ3) is 5.10. The molecule has 5 nitrogen and oxygen atoms in total. The zero-order valence-electron chi connectivity index (χ0n) is 16.4. The van der Waals surface area contributed by atoms with Crippen LogP contribution in [0.1, 0.15) is 51.5 Å². The lowest BCUT2D eigenvalue weighted by Crippen LogP contribution is -2.37. The predicted molar refractivity (Wildman–Crippen MR) is 111 cm³/mol. The summed E-state index contributed by atoms with van der Waals surface area (Å²) in [6.07, 6.45) is 1.98. The number of aryl methyl sites for hydroxylation is 1. The highest BCUT2D eigenvalue weighted by molar-refractivity contribution is 7.99. The van der Waals surface area contributed by atoms with Gasteiger partial charge >= 0.3 is 0 Å². The largest absolute Gasteiger partial charge is 0.353 e. The van der Waals surface area contributed by atoms with Gasteiger partial charge in [-0.2, -0.15) is 0 Å². The number of fused-ring (bicyclic) bond motifs is 1. The summed E-state index contributed by atoms with van der Waals surface area (Å²) >= 11 is 2.84. The second-order valence-corrected chi connectivity index (χ2v) is 9.46. The number of hydrogen-bond acceptors (Lipinski definition) is 5. The van der Waals surface area contributed by atoms with Crippen LogP contribution in [0.25, 0.3) is 10.2 Å². The minimum absolute atomic E-state index is 0.0428. The molecule has 0 spiro atoms. The van der Waals surface area contributed by atoms with Crippen LogP contribution in [0.5, 0.6) is 0 Å². The van der Waals surface area contributed by atoms with Gasteiger partial charge in [0.1, 0.15) is 4.83 Å². The molecule has 0 aliphatic rings. The maximum atomic E-state index is 12.6. The van der Waals surface area contributed by atoms with Crippen molar-refractivity contribution in [2.75, 3.05) is 5.75 Å². The Labute approximate surface area is 163 Å². The molecule has 0 bridgehead atoms. The van der Waals surface area contributed by atoms with Crippen LogP contribution < -0.4 is 10.9 Å². The molecular weight excluding hydrogens is 366 g/mol. The first-order valence-corrected chi connectivity index (χ1v) is 11.0. The molecule has 0 radical (unpaired) electrons. The van der Waals surface area contributed by atoms with Gasteiger partial charge in [-0.15, -0.1) is 11.3 Å². The Kier molecular flexibility index (Phi) is 7.29. The lowest BCUT2D eigenvalue weighted by Gasteiger charge is -2.17. The molecule has 144 valence electrons. The van der Waals surface area contributed by atoms with Gasteiger partial charge in [0.15, 0.2) is 5.16 Å². The van der Waals surface area contributed by atoms with Crippen molar-refractivity contribution < 1.29 is 4.79 Å². The molecule has 26 heavy (non-hydrogen) atoms. The first-order chi connectivity index (χ1) is 12.2. The maximum absolute atomic E-state index is 12.6. The van der Waals surface area contributed by atoms with Crippen molar-refractivity contribution in [1.29, 1.82) is 0 Å². The van der Waals surface area contributed by atoms with Gasteiger partial charge in [-0.05, 0) is 37.7 Å². The van der Waals surface area contributed by atoms with E-state index in [4.69, 9.17) is 0 Å². The first-order valence-electron chi connectivity index (χ1n) is 9.17. The van der Waals surface area contributed by atoms with E-state index in [0.29, 0.717) is 17.0 Å². The van der Waals surface area contributed by atoms with Crippen molar-refractivity contribution in [3.05, 3.63) is 20.8 Å². The Morgan fingerprint density at radius 2 is 2.00 bits per heavy atom. The van der Waals surface area contributed by atoms with E-state index in [1.54, 1.807) is 11.3 Å². The molecule has 2 aromatic heterocycles. The van der Waals surface area contributed by atoms with Crippen LogP contribution in [-0.4, -0.2) is 27.7 Å². The van der Waals surface area contributed by atoms with E-state index < -0.39 is 0 Å². The molecule has 1 amide bonds. The number of aromatic nitrogens is 2. The molecule has 2 atom stereocenters. The molecule has 2 aromatic rings. The van der Waals surface area contributed by atoms with Gasteiger partial charge in [-0.25, -0.2) is 4.98 Å². The second kappa shape index (κ2) is 9.04. The molecule has 0 fully saturated rings. The number of H-pyrrole nitrogens is 1. The maximum Gasteiger partial charge on any atom is 0.260 e. The summed E-state index contributed by atoms with van der Waals surface area (Å²) in [7, 11) is 0. The van der Waals surface area contributed by atoms with E-state index in [1.807, 2.05) is 6.92 Å². The Hall–Kier alpha value is -1.34. The summed E-state index contributed by atoms with van der Waals surface area (Å²) in [5.41, 5.74) is 1.02. The summed E-state index contributed by atoms with van der Waals surface area (Å²) < 4.78 is 0. The lowest BCUT2D eigenvalue weighted by molar-refractivity contribution is -0.119. The van der Waals surface area contributed by atoms with Crippen molar-refractivity contribution in [1.82, 2.24) is 15.3 Å². The number of nitrogens with one attached hydrogen (secondary N) is 2. The van der Waals surface area contributed by atoms with Crippen molar-refractivity contribution >= 4 is 39.2 Å². The number of carbonyl (C=O) groups excluding carboxylic acids is 1. The summed E-state index contributed by atoms with van der Waals surface area (Å²) in [4.78, 5) is 34.0. The lowest BCUT2D eigenvalue weighted by atomic mass is 9.98. The topological polar surface area (TPSA) is 74.8 Å². The third-order valence-corrected chi connectivity index (χ3v) is 6.73. The highest BCUT2D eigenvalue weighted by Crippen LogP contribution is 2.30. The Bertz CT molecular complexity index is 826. The Balaban J connectivity index is 2.16. The van der Waals surface area contributed by atoms with Crippen LogP contribution >= 0.6 is 23.1 Å². The quantitative estimate of drug-likeness (QED) is 0.520. The molecule has 0 unspecified atom stereocenters. The van der Waals surface area contributed by atoms with Gasteiger partial charge in [-0.3, -0.25) is 9.59 Å². The van der Waals surface area contributed by atoms with E-state index in [9.17, 15) is 9.59 Å². The normalized spacial score (nSPS) is 14.0. The summed E-state index contributed by atoms with van der Waals surface area (Å²) in [5.74, 6) is 1.12.